The van der Waals surface area contributed by atoms with Gasteiger partial charge in [-0.05, 0) is 25.7 Å². The molecule has 0 radical (unpaired) electrons. The molecule has 0 aromatic rings. The second-order valence-electron chi connectivity index (χ2n) is 4.62. The van der Waals surface area contributed by atoms with Gasteiger partial charge in [0.25, 0.3) is 0 Å². The SMILES string of the molecule is CC(C)(F)F.CC(C)C1CCCC1. The third-order valence-electron chi connectivity index (χ3n) is 2.34. The van der Waals surface area contributed by atoms with E-state index in [4.69, 9.17) is 0 Å². The molecule has 0 amide bonds. The second kappa shape index (κ2) is 5.56. The van der Waals surface area contributed by atoms with E-state index < -0.39 is 5.92 Å². The van der Waals surface area contributed by atoms with Crippen molar-refractivity contribution in [2.24, 2.45) is 11.8 Å². The summed E-state index contributed by atoms with van der Waals surface area (Å²) >= 11 is 0. The fourth-order valence-electron chi connectivity index (χ4n) is 1.62. The minimum absolute atomic E-state index is 0.854. The molecule has 0 saturated heterocycles. The van der Waals surface area contributed by atoms with Gasteiger partial charge < -0.3 is 0 Å². The Morgan fingerprint density at radius 3 is 1.54 bits per heavy atom. The van der Waals surface area contributed by atoms with Gasteiger partial charge in [0, 0.05) is 0 Å². The van der Waals surface area contributed by atoms with Gasteiger partial charge in [-0.2, -0.15) is 0 Å². The maximum absolute atomic E-state index is 11.0. The largest absolute Gasteiger partial charge is 0.242 e. The summed E-state index contributed by atoms with van der Waals surface area (Å²) in [4.78, 5) is 0. The Morgan fingerprint density at radius 1 is 1.08 bits per heavy atom. The van der Waals surface area contributed by atoms with Crippen molar-refractivity contribution in [3.63, 3.8) is 0 Å². The first kappa shape index (κ1) is 12.9. The normalized spacial score (nSPS) is 18.7. The van der Waals surface area contributed by atoms with Crippen LogP contribution in [0.1, 0.15) is 53.4 Å². The number of hydrogen-bond donors (Lipinski definition) is 0. The zero-order valence-electron chi connectivity index (χ0n) is 9.24. The van der Waals surface area contributed by atoms with E-state index in [9.17, 15) is 8.78 Å². The van der Waals surface area contributed by atoms with Gasteiger partial charge >= 0.3 is 0 Å². The van der Waals surface area contributed by atoms with Crippen molar-refractivity contribution >= 4 is 0 Å². The molecule has 0 aromatic carbocycles. The summed E-state index contributed by atoms with van der Waals surface area (Å²) in [7, 11) is 0. The molecule has 80 valence electrons. The molecule has 0 heterocycles. The van der Waals surface area contributed by atoms with E-state index in [0.717, 1.165) is 25.7 Å². The highest BCUT2D eigenvalue weighted by Gasteiger charge is 2.17. The first-order chi connectivity index (χ1) is 5.80. The first-order valence-electron chi connectivity index (χ1n) is 5.18. The summed E-state index contributed by atoms with van der Waals surface area (Å²) in [6.45, 7) is 6.39. The zero-order valence-corrected chi connectivity index (χ0v) is 9.24. The molecule has 1 fully saturated rings. The van der Waals surface area contributed by atoms with Crippen LogP contribution in [0, 0.1) is 11.8 Å². The zero-order chi connectivity index (χ0) is 10.5. The Hall–Kier alpha value is -0.140. The van der Waals surface area contributed by atoms with Gasteiger partial charge in [-0.15, -0.1) is 0 Å². The Morgan fingerprint density at radius 2 is 1.38 bits per heavy atom. The Balaban J connectivity index is 0.000000252. The molecule has 13 heavy (non-hydrogen) atoms. The fraction of sp³-hybridized carbons (Fsp3) is 1.00. The monoisotopic (exact) mass is 192 g/mol. The van der Waals surface area contributed by atoms with E-state index in [0.29, 0.717) is 0 Å². The van der Waals surface area contributed by atoms with Crippen molar-refractivity contribution in [2.45, 2.75) is 59.3 Å². The standard InChI is InChI=1S/C8H16.C3H6F2/c1-7(2)8-5-3-4-6-8;1-3(2,4)5/h7-8H,3-6H2,1-2H3;1-2H3. The maximum atomic E-state index is 11.0. The van der Waals surface area contributed by atoms with Crippen LogP contribution in [0.15, 0.2) is 0 Å². The number of halogens is 2. The summed E-state index contributed by atoms with van der Waals surface area (Å²) in [5.74, 6) is -0.493. The van der Waals surface area contributed by atoms with E-state index in [1.807, 2.05) is 0 Å². The summed E-state index contributed by atoms with van der Waals surface area (Å²) < 4.78 is 22.0. The summed E-state index contributed by atoms with van der Waals surface area (Å²) in [5.41, 5.74) is 0. The Labute approximate surface area is 80.7 Å². The molecule has 0 aliphatic heterocycles. The minimum Gasteiger partial charge on any atom is -0.208 e. The van der Waals surface area contributed by atoms with Crippen LogP contribution in [0.25, 0.3) is 0 Å². The quantitative estimate of drug-likeness (QED) is 0.574. The van der Waals surface area contributed by atoms with E-state index in [1.165, 1.54) is 25.7 Å². The molecule has 0 atom stereocenters. The molecule has 0 unspecified atom stereocenters. The number of hydrogen-bond acceptors (Lipinski definition) is 0. The summed E-state index contributed by atoms with van der Waals surface area (Å²) in [6.07, 6.45) is 5.97. The topological polar surface area (TPSA) is 0 Å². The molecule has 1 saturated carbocycles. The van der Waals surface area contributed by atoms with Crippen LogP contribution in [-0.2, 0) is 0 Å². The maximum Gasteiger partial charge on any atom is 0.242 e. The Kier molecular flexibility index (Phi) is 5.50. The second-order valence-corrected chi connectivity index (χ2v) is 4.62. The third kappa shape index (κ3) is 9.78. The predicted molar refractivity (Wildman–Crippen MR) is 53.1 cm³/mol. The van der Waals surface area contributed by atoms with Crippen LogP contribution in [0.2, 0.25) is 0 Å². The lowest BCUT2D eigenvalue weighted by atomic mass is 9.95. The highest BCUT2D eigenvalue weighted by Crippen LogP contribution is 2.30. The minimum atomic E-state index is -2.50. The van der Waals surface area contributed by atoms with E-state index in [-0.39, 0.29) is 0 Å². The molecule has 1 aliphatic rings. The lowest BCUT2D eigenvalue weighted by Gasteiger charge is -2.11. The van der Waals surface area contributed by atoms with Crippen molar-refractivity contribution in [2.75, 3.05) is 0 Å². The van der Waals surface area contributed by atoms with E-state index >= 15 is 0 Å². The number of alkyl halides is 2. The lowest BCUT2D eigenvalue weighted by Crippen LogP contribution is -2.01. The van der Waals surface area contributed by atoms with Crippen molar-refractivity contribution in [1.82, 2.24) is 0 Å². The predicted octanol–water partition coefficient (Wildman–Crippen LogP) is 4.49. The molecule has 2 heteroatoms. The van der Waals surface area contributed by atoms with Crippen LogP contribution in [0.3, 0.4) is 0 Å². The van der Waals surface area contributed by atoms with Crippen LogP contribution >= 0.6 is 0 Å². The van der Waals surface area contributed by atoms with Crippen molar-refractivity contribution in [1.29, 1.82) is 0 Å². The van der Waals surface area contributed by atoms with Crippen LogP contribution in [0.5, 0.6) is 0 Å². The molecule has 1 rings (SSSR count). The molecule has 0 bridgehead atoms. The third-order valence-corrected chi connectivity index (χ3v) is 2.34. The fourth-order valence-corrected chi connectivity index (χ4v) is 1.62. The number of rotatable bonds is 1. The smallest absolute Gasteiger partial charge is 0.208 e. The Bertz CT molecular complexity index is 113. The highest BCUT2D eigenvalue weighted by atomic mass is 19.3. The van der Waals surface area contributed by atoms with Crippen molar-refractivity contribution in [3.8, 4) is 0 Å². The summed E-state index contributed by atoms with van der Waals surface area (Å²) in [5, 5.41) is 0. The van der Waals surface area contributed by atoms with Gasteiger partial charge in [-0.3, -0.25) is 0 Å². The van der Waals surface area contributed by atoms with E-state index in [2.05, 4.69) is 13.8 Å². The van der Waals surface area contributed by atoms with Gasteiger partial charge in [0.2, 0.25) is 5.92 Å². The molecule has 1 aliphatic carbocycles. The van der Waals surface area contributed by atoms with Gasteiger partial charge in [-0.25, -0.2) is 8.78 Å². The average molecular weight is 192 g/mol. The van der Waals surface area contributed by atoms with Gasteiger partial charge in [-0.1, -0.05) is 39.5 Å². The highest BCUT2D eigenvalue weighted by molar-refractivity contribution is 4.69. The average Bonchev–Trinajstić information content (AvgIpc) is 2.31. The van der Waals surface area contributed by atoms with Crippen LogP contribution in [-0.4, -0.2) is 5.92 Å². The van der Waals surface area contributed by atoms with E-state index in [1.54, 1.807) is 0 Å². The summed E-state index contributed by atoms with van der Waals surface area (Å²) in [6, 6.07) is 0. The van der Waals surface area contributed by atoms with Gasteiger partial charge in [0.05, 0.1) is 0 Å². The molecule has 0 nitrogen and oxygen atoms in total. The van der Waals surface area contributed by atoms with Gasteiger partial charge in [0.15, 0.2) is 0 Å². The van der Waals surface area contributed by atoms with Crippen molar-refractivity contribution < 1.29 is 8.78 Å². The molecular formula is C11H22F2. The molecule has 0 N–H and O–H groups in total. The molecule has 0 aromatic heterocycles. The van der Waals surface area contributed by atoms with Crippen LogP contribution < -0.4 is 0 Å². The van der Waals surface area contributed by atoms with Crippen molar-refractivity contribution in [3.05, 3.63) is 0 Å². The lowest BCUT2D eigenvalue weighted by molar-refractivity contribution is 0.0437. The van der Waals surface area contributed by atoms with Crippen LogP contribution in [0.4, 0.5) is 8.78 Å². The first-order valence-corrected chi connectivity index (χ1v) is 5.18. The molecular weight excluding hydrogens is 170 g/mol. The molecule has 0 spiro atoms. The van der Waals surface area contributed by atoms with Gasteiger partial charge in [0.1, 0.15) is 0 Å².